The van der Waals surface area contributed by atoms with Crippen molar-refractivity contribution in [2.24, 2.45) is 0 Å². The van der Waals surface area contributed by atoms with E-state index in [1.807, 2.05) is 6.92 Å². The van der Waals surface area contributed by atoms with Crippen LogP contribution in [-0.4, -0.2) is 44.1 Å². The fourth-order valence-electron chi connectivity index (χ4n) is 1.85. The largest absolute Gasteiger partial charge is 0.459 e. The molecule has 0 amide bonds. The van der Waals surface area contributed by atoms with E-state index in [4.69, 9.17) is 4.74 Å². The number of rotatable bonds is 9. The SMILES string of the molecule is CCNC(C)CCCCS(=O)(=O)CC(=O)OC(C)(C)C. The standard InChI is InChI=1S/C14H29NO4S/c1-6-15-12(2)9-7-8-10-20(17,18)11-13(16)19-14(3,4)5/h12,15H,6-11H2,1-5H3. The number of esters is 1. The Balaban J connectivity index is 3.99. The van der Waals surface area contributed by atoms with Crippen molar-refractivity contribution >= 4 is 15.8 Å². The smallest absolute Gasteiger partial charge is 0.321 e. The van der Waals surface area contributed by atoms with Gasteiger partial charge in [-0.3, -0.25) is 4.79 Å². The average molecular weight is 307 g/mol. The fraction of sp³-hybridized carbons (Fsp3) is 0.929. The summed E-state index contributed by atoms with van der Waals surface area (Å²) < 4.78 is 28.6. The molecule has 0 fully saturated rings. The lowest BCUT2D eigenvalue weighted by molar-refractivity contribution is -0.151. The minimum Gasteiger partial charge on any atom is -0.459 e. The predicted molar refractivity (Wildman–Crippen MR) is 81.5 cm³/mol. The zero-order valence-corrected chi connectivity index (χ0v) is 14.2. The fourth-order valence-corrected chi connectivity index (χ4v) is 3.05. The van der Waals surface area contributed by atoms with Crippen LogP contribution in [0.4, 0.5) is 0 Å². The predicted octanol–water partition coefficient (Wildman–Crippen LogP) is 1.91. The molecule has 5 nitrogen and oxygen atoms in total. The number of unbranched alkanes of at least 4 members (excludes halogenated alkanes) is 1. The number of carbonyl (C=O) groups excluding carboxylic acids is 1. The molecule has 0 bridgehead atoms. The maximum atomic E-state index is 11.8. The van der Waals surface area contributed by atoms with Crippen molar-refractivity contribution in [2.45, 2.75) is 65.5 Å². The maximum absolute atomic E-state index is 11.8. The summed E-state index contributed by atoms with van der Waals surface area (Å²) in [6.07, 6.45) is 2.36. The number of hydrogen-bond donors (Lipinski definition) is 1. The molecule has 20 heavy (non-hydrogen) atoms. The second kappa shape index (κ2) is 8.62. The molecule has 6 heteroatoms. The normalized spacial score (nSPS) is 14.1. The third kappa shape index (κ3) is 11.2. The monoisotopic (exact) mass is 307 g/mol. The second-order valence-electron chi connectivity index (χ2n) is 6.13. The first-order valence-corrected chi connectivity index (χ1v) is 9.03. The molecule has 0 aliphatic rings. The van der Waals surface area contributed by atoms with E-state index in [0.29, 0.717) is 12.5 Å². The molecule has 0 heterocycles. The van der Waals surface area contributed by atoms with Crippen LogP contribution in [0.25, 0.3) is 0 Å². The van der Waals surface area contributed by atoms with E-state index in [-0.39, 0.29) is 5.75 Å². The van der Waals surface area contributed by atoms with Crippen molar-refractivity contribution < 1.29 is 17.9 Å². The Morgan fingerprint density at radius 2 is 1.85 bits per heavy atom. The van der Waals surface area contributed by atoms with Crippen LogP contribution in [-0.2, 0) is 19.4 Å². The van der Waals surface area contributed by atoms with E-state index in [0.717, 1.165) is 19.4 Å². The Morgan fingerprint density at radius 3 is 2.35 bits per heavy atom. The first-order valence-electron chi connectivity index (χ1n) is 7.21. The van der Waals surface area contributed by atoms with Crippen molar-refractivity contribution in [3.05, 3.63) is 0 Å². The molecule has 120 valence electrons. The van der Waals surface area contributed by atoms with Gasteiger partial charge in [-0.15, -0.1) is 0 Å². The number of hydrogen-bond acceptors (Lipinski definition) is 5. The van der Waals surface area contributed by atoms with Crippen molar-refractivity contribution in [1.29, 1.82) is 0 Å². The maximum Gasteiger partial charge on any atom is 0.321 e. The first-order chi connectivity index (χ1) is 9.06. The lowest BCUT2D eigenvalue weighted by Gasteiger charge is -2.19. The summed E-state index contributed by atoms with van der Waals surface area (Å²) in [6.45, 7) is 10.2. The van der Waals surface area contributed by atoms with Gasteiger partial charge in [-0.2, -0.15) is 0 Å². The minimum atomic E-state index is -3.36. The van der Waals surface area contributed by atoms with E-state index < -0.39 is 27.2 Å². The van der Waals surface area contributed by atoms with Gasteiger partial charge in [-0.25, -0.2) is 8.42 Å². The third-order valence-corrected chi connectivity index (χ3v) is 4.24. The van der Waals surface area contributed by atoms with Crippen LogP contribution in [0.15, 0.2) is 0 Å². The summed E-state index contributed by atoms with van der Waals surface area (Å²) in [5, 5.41) is 3.28. The molecular formula is C14H29NO4S. The van der Waals surface area contributed by atoms with Gasteiger partial charge in [-0.1, -0.05) is 13.3 Å². The molecule has 1 unspecified atom stereocenters. The molecule has 0 aromatic rings. The topological polar surface area (TPSA) is 72.5 Å². The summed E-state index contributed by atoms with van der Waals surface area (Å²) >= 11 is 0. The summed E-state index contributed by atoms with van der Waals surface area (Å²) in [4.78, 5) is 11.5. The number of nitrogens with one attached hydrogen (secondary N) is 1. The Hall–Kier alpha value is -0.620. The van der Waals surface area contributed by atoms with Gasteiger partial charge in [-0.05, 0) is 47.1 Å². The van der Waals surface area contributed by atoms with Gasteiger partial charge in [0, 0.05) is 6.04 Å². The molecule has 1 atom stereocenters. The highest BCUT2D eigenvalue weighted by Crippen LogP contribution is 2.09. The number of sulfone groups is 1. The van der Waals surface area contributed by atoms with E-state index in [2.05, 4.69) is 12.2 Å². The van der Waals surface area contributed by atoms with E-state index >= 15 is 0 Å². The molecule has 0 saturated heterocycles. The van der Waals surface area contributed by atoms with Crippen molar-refractivity contribution in [3.63, 3.8) is 0 Å². The summed E-state index contributed by atoms with van der Waals surface area (Å²) in [5.41, 5.74) is -0.645. The molecule has 0 aromatic carbocycles. The summed E-state index contributed by atoms with van der Waals surface area (Å²) in [6, 6.07) is 0.397. The van der Waals surface area contributed by atoms with Gasteiger partial charge < -0.3 is 10.1 Å². The Labute approximate surface area is 123 Å². The Kier molecular flexibility index (Phi) is 8.35. The van der Waals surface area contributed by atoms with Gasteiger partial charge in [0.1, 0.15) is 11.4 Å². The van der Waals surface area contributed by atoms with E-state index in [1.54, 1.807) is 20.8 Å². The van der Waals surface area contributed by atoms with Gasteiger partial charge in [0.25, 0.3) is 0 Å². The summed E-state index contributed by atoms with van der Waals surface area (Å²) in [7, 11) is -3.36. The quantitative estimate of drug-likeness (QED) is 0.520. The molecule has 0 spiro atoms. The van der Waals surface area contributed by atoms with E-state index in [9.17, 15) is 13.2 Å². The average Bonchev–Trinajstić information content (AvgIpc) is 2.21. The molecule has 0 rings (SSSR count). The van der Waals surface area contributed by atoms with Crippen LogP contribution in [0.3, 0.4) is 0 Å². The minimum absolute atomic E-state index is 0.0467. The van der Waals surface area contributed by atoms with E-state index in [1.165, 1.54) is 0 Å². The highest BCUT2D eigenvalue weighted by atomic mass is 32.2. The van der Waals surface area contributed by atoms with Gasteiger partial charge in [0.2, 0.25) is 0 Å². The highest BCUT2D eigenvalue weighted by molar-refractivity contribution is 7.92. The van der Waals surface area contributed by atoms with Gasteiger partial charge in [0.15, 0.2) is 9.84 Å². The highest BCUT2D eigenvalue weighted by Gasteiger charge is 2.22. The van der Waals surface area contributed by atoms with Gasteiger partial charge in [0.05, 0.1) is 5.75 Å². The van der Waals surface area contributed by atoms with Crippen LogP contribution in [0.2, 0.25) is 0 Å². The van der Waals surface area contributed by atoms with Crippen molar-refractivity contribution in [3.8, 4) is 0 Å². The van der Waals surface area contributed by atoms with Crippen molar-refractivity contribution in [1.82, 2.24) is 5.32 Å². The number of ether oxygens (including phenoxy) is 1. The molecule has 0 radical (unpaired) electrons. The van der Waals surface area contributed by atoms with Crippen LogP contribution in [0, 0.1) is 0 Å². The zero-order chi connectivity index (χ0) is 15.8. The van der Waals surface area contributed by atoms with Crippen LogP contribution >= 0.6 is 0 Å². The summed E-state index contributed by atoms with van der Waals surface area (Å²) in [5.74, 6) is -1.14. The molecule has 0 aromatic heterocycles. The van der Waals surface area contributed by atoms with Crippen molar-refractivity contribution in [2.75, 3.05) is 18.1 Å². The van der Waals surface area contributed by atoms with Crippen LogP contribution in [0.1, 0.15) is 53.9 Å². The lowest BCUT2D eigenvalue weighted by Crippen LogP contribution is -2.29. The van der Waals surface area contributed by atoms with Crippen LogP contribution in [0.5, 0.6) is 0 Å². The third-order valence-electron chi connectivity index (χ3n) is 2.65. The molecule has 0 saturated carbocycles. The zero-order valence-electron chi connectivity index (χ0n) is 13.4. The Morgan fingerprint density at radius 1 is 1.25 bits per heavy atom. The second-order valence-corrected chi connectivity index (χ2v) is 8.32. The lowest BCUT2D eigenvalue weighted by atomic mass is 10.1. The molecule has 1 N–H and O–H groups in total. The van der Waals surface area contributed by atoms with Crippen LogP contribution < -0.4 is 5.32 Å². The number of carbonyl (C=O) groups is 1. The van der Waals surface area contributed by atoms with Gasteiger partial charge >= 0.3 is 5.97 Å². The molecular weight excluding hydrogens is 278 g/mol. The molecule has 0 aliphatic heterocycles. The first kappa shape index (κ1) is 19.4. The molecule has 0 aliphatic carbocycles. The Bertz CT molecular complexity index is 384.